The molecule has 0 saturated heterocycles. The van der Waals surface area contributed by atoms with Gasteiger partial charge in [0.1, 0.15) is 23.1 Å². The number of hydrogen-bond donors (Lipinski definition) is 4. The largest absolute Gasteiger partial charge is 0.465 e. The van der Waals surface area contributed by atoms with Gasteiger partial charge in [-0.2, -0.15) is 4.39 Å². The fourth-order valence-corrected chi connectivity index (χ4v) is 3.86. The Bertz CT molecular complexity index is 1500. The summed E-state index contributed by atoms with van der Waals surface area (Å²) in [5, 5.41) is 13.5. The maximum absolute atomic E-state index is 14.7. The molecule has 4 N–H and O–H groups in total. The van der Waals surface area contributed by atoms with Crippen molar-refractivity contribution in [2.24, 2.45) is 5.92 Å². The highest BCUT2D eigenvalue weighted by molar-refractivity contribution is 5.96. The van der Waals surface area contributed by atoms with E-state index in [4.69, 9.17) is 5.11 Å². The number of carbonyl (C=O) groups excluding carboxylic acids is 2. The van der Waals surface area contributed by atoms with Crippen LogP contribution in [0.2, 0.25) is 0 Å². The molecule has 14 heteroatoms. The molecule has 3 rings (SSSR count). The lowest BCUT2D eigenvalue weighted by atomic mass is 10.1. The monoisotopic (exact) mass is 559 g/mol. The first kappa shape index (κ1) is 29.9. The van der Waals surface area contributed by atoms with Gasteiger partial charge in [0.25, 0.3) is 5.56 Å². The second-order valence-electron chi connectivity index (χ2n) is 9.72. The molecule has 3 amide bonds. The molecule has 12 nitrogen and oxygen atoms in total. The number of hydrogen-bond acceptors (Lipinski definition) is 6. The van der Waals surface area contributed by atoms with Crippen LogP contribution in [0, 0.1) is 17.7 Å². The van der Waals surface area contributed by atoms with E-state index in [0.717, 1.165) is 18.3 Å². The molecule has 0 bridgehead atoms. The molecule has 0 aliphatic heterocycles. The minimum Gasteiger partial charge on any atom is -0.465 e. The molecule has 3 aromatic heterocycles. The molecule has 3 aromatic rings. The first-order valence-corrected chi connectivity index (χ1v) is 12.5. The molecule has 0 aliphatic rings. The van der Waals surface area contributed by atoms with Crippen LogP contribution in [0.4, 0.5) is 19.3 Å². The third-order valence-electron chi connectivity index (χ3n) is 5.83. The van der Waals surface area contributed by atoms with Gasteiger partial charge >= 0.3 is 6.09 Å². The van der Waals surface area contributed by atoms with Gasteiger partial charge in [-0.05, 0) is 43.4 Å². The SMILES string of the molecule is CC(C)Cc1ncc(F)c2nc(Cn3c(F)ccc(NC(=O)[C@H](CC/C=C/C(=O)N(C)C)NC(=O)O)c3=O)[nH]c12. The molecule has 3 heterocycles. The van der Waals surface area contributed by atoms with Gasteiger partial charge in [-0.3, -0.25) is 23.9 Å². The summed E-state index contributed by atoms with van der Waals surface area (Å²) in [5.74, 6) is -2.40. The molecule has 1 atom stereocenters. The van der Waals surface area contributed by atoms with E-state index in [1.165, 1.54) is 17.1 Å². The fraction of sp³-hybridized carbons (Fsp3) is 0.385. The summed E-state index contributed by atoms with van der Waals surface area (Å²) in [5.41, 5.74) is -0.267. The number of pyridine rings is 2. The smallest absolute Gasteiger partial charge is 0.405 e. The third-order valence-corrected chi connectivity index (χ3v) is 5.83. The van der Waals surface area contributed by atoms with E-state index in [2.05, 4.69) is 25.6 Å². The van der Waals surface area contributed by atoms with Crippen molar-refractivity contribution in [1.82, 2.24) is 29.7 Å². The van der Waals surface area contributed by atoms with Gasteiger partial charge in [0.05, 0.1) is 24.0 Å². The average molecular weight is 560 g/mol. The normalized spacial score (nSPS) is 12.2. The van der Waals surface area contributed by atoms with E-state index in [1.807, 2.05) is 13.8 Å². The van der Waals surface area contributed by atoms with Gasteiger partial charge in [-0.1, -0.05) is 19.9 Å². The summed E-state index contributed by atoms with van der Waals surface area (Å²) in [6, 6.07) is 0.753. The van der Waals surface area contributed by atoms with Crippen molar-refractivity contribution in [1.29, 1.82) is 0 Å². The highest BCUT2D eigenvalue weighted by Crippen LogP contribution is 2.21. The zero-order chi connectivity index (χ0) is 29.6. The van der Waals surface area contributed by atoms with E-state index in [-0.39, 0.29) is 41.7 Å². The maximum atomic E-state index is 14.7. The summed E-state index contributed by atoms with van der Waals surface area (Å²) in [4.78, 5) is 61.3. The van der Waals surface area contributed by atoms with Gasteiger partial charge in [0.2, 0.25) is 11.8 Å². The lowest BCUT2D eigenvalue weighted by Gasteiger charge is -2.16. The van der Waals surface area contributed by atoms with Crippen LogP contribution < -0.4 is 16.2 Å². The van der Waals surface area contributed by atoms with Crippen LogP contribution in [0.5, 0.6) is 0 Å². The standard InChI is InChI=1S/C26H31F2N7O5/c1-14(2)11-18-23-22(15(27)12-29-18)32-20(33-23)13-35-19(28)10-9-17(25(35)38)30-24(37)16(31-26(39)40)7-5-6-8-21(36)34(3)4/h6,8-10,12,14,16,31H,5,7,11,13H2,1-4H3,(H,30,37)(H,32,33)(H,39,40)/b8-6+/t16-/m0/s1. The number of aromatic nitrogens is 4. The number of allylic oxidation sites excluding steroid dienone is 1. The molecule has 40 heavy (non-hydrogen) atoms. The number of fused-ring (bicyclic) bond motifs is 1. The Labute approximate surface area is 228 Å². The zero-order valence-electron chi connectivity index (χ0n) is 22.5. The number of nitrogens with one attached hydrogen (secondary N) is 3. The van der Waals surface area contributed by atoms with E-state index in [9.17, 15) is 28.0 Å². The minimum atomic E-state index is -1.46. The van der Waals surface area contributed by atoms with E-state index in [0.29, 0.717) is 22.2 Å². The molecule has 0 unspecified atom stereocenters. The van der Waals surface area contributed by atoms with Crippen LogP contribution in [0.25, 0.3) is 11.0 Å². The van der Waals surface area contributed by atoms with Crippen molar-refractivity contribution >= 4 is 34.6 Å². The molecular weight excluding hydrogens is 528 g/mol. The van der Waals surface area contributed by atoms with E-state index >= 15 is 0 Å². The Hall–Kier alpha value is -4.62. The molecule has 0 fully saturated rings. The molecule has 214 valence electrons. The van der Waals surface area contributed by atoms with Crippen molar-refractivity contribution in [2.75, 3.05) is 19.4 Å². The summed E-state index contributed by atoms with van der Waals surface area (Å²) in [7, 11) is 3.14. The Morgan fingerprint density at radius 1 is 1.23 bits per heavy atom. The highest BCUT2D eigenvalue weighted by atomic mass is 19.1. The van der Waals surface area contributed by atoms with Crippen LogP contribution in [0.15, 0.2) is 35.3 Å². The summed E-state index contributed by atoms with van der Waals surface area (Å²) < 4.78 is 29.8. The quantitative estimate of drug-likeness (QED) is 0.207. The van der Waals surface area contributed by atoms with Gasteiger partial charge in [-0.25, -0.2) is 14.2 Å². The molecule has 0 aromatic carbocycles. The zero-order valence-corrected chi connectivity index (χ0v) is 22.5. The van der Waals surface area contributed by atoms with Crippen molar-refractivity contribution < 1.29 is 28.3 Å². The van der Waals surface area contributed by atoms with Gasteiger partial charge in [0.15, 0.2) is 11.8 Å². The van der Waals surface area contributed by atoms with Crippen molar-refractivity contribution in [3.63, 3.8) is 0 Å². The van der Waals surface area contributed by atoms with E-state index < -0.39 is 41.9 Å². The average Bonchev–Trinajstić information content (AvgIpc) is 3.31. The number of carbonyl (C=O) groups is 3. The predicted molar refractivity (Wildman–Crippen MR) is 143 cm³/mol. The van der Waals surface area contributed by atoms with Gasteiger partial charge < -0.3 is 25.6 Å². The van der Waals surface area contributed by atoms with Crippen molar-refractivity contribution in [2.45, 2.75) is 45.7 Å². The Morgan fingerprint density at radius 2 is 1.95 bits per heavy atom. The van der Waals surface area contributed by atoms with Gasteiger partial charge in [0, 0.05) is 14.1 Å². The van der Waals surface area contributed by atoms with Crippen molar-refractivity contribution in [3.8, 4) is 0 Å². The fourth-order valence-electron chi connectivity index (χ4n) is 3.86. The number of aromatic amines is 1. The van der Waals surface area contributed by atoms with Crippen molar-refractivity contribution in [3.05, 3.63) is 64.1 Å². The Balaban J connectivity index is 1.82. The molecular formula is C26H31F2N7O5. The second kappa shape index (κ2) is 13.0. The number of halogens is 2. The maximum Gasteiger partial charge on any atom is 0.405 e. The Morgan fingerprint density at radius 3 is 2.60 bits per heavy atom. The topological polar surface area (TPSA) is 162 Å². The minimum absolute atomic E-state index is 0.0119. The lowest BCUT2D eigenvalue weighted by Crippen LogP contribution is -2.44. The molecule has 0 radical (unpaired) electrons. The van der Waals surface area contributed by atoms with Crippen LogP contribution in [0.1, 0.15) is 38.2 Å². The summed E-state index contributed by atoms with van der Waals surface area (Å²) in [6.07, 6.45) is 3.10. The summed E-state index contributed by atoms with van der Waals surface area (Å²) in [6.45, 7) is 3.55. The van der Waals surface area contributed by atoms with Crippen LogP contribution in [-0.2, 0) is 22.6 Å². The van der Waals surface area contributed by atoms with Crippen LogP contribution >= 0.6 is 0 Å². The number of rotatable bonds is 11. The number of anilines is 1. The predicted octanol–water partition coefficient (Wildman–Crippen LogP) is 2.64. The number of carboxylic acid groups (broad SMARTS) is 1. The number of imidazole rings is 1. The highest BCUT2D eigenvalue weighted by Gasteiger charge is 2.22. The number of likely N-dealkylation sites (N-methyl/N-ethyl adjacent to an activating group) is 1. The summed E-state index contributed by atoms with van der Waals surface area (Å²) >= 11 is 0. The van der Waals surface area contributed by atoms with E-state index in [1.54, 1.807) is 14.1 Å². The number of nitrogens with zero attached hydrogens (tertiary/aromatic N) is 4. The van der Waals surface area contributed by atoms with Gasteiger partial charge in [-0.15, -0.1) is 0 Å². The lowest BCUT2D eigenvalue weighted by molar-refractivity contribution is -0.123. The number of amides is 3. The second-order valence-corrected chi connectivity index (χ2v) is 9.72. The molecule has 0 aliphatic carbocycles. The Kier molecular flexibility index (Phi) is 9.69. The molecule has 0 spiro atoms. The number of H-pyrrole nitrogens is 1. The first-order valence-electron chi connectivity index (χ1n) is 12.5. The van der Waals surface area contributed by atoms with Crippen LogP contribution in [0.3, 0.4) is 0 Å². The first-order chi connectivity index (χ1) is 18.9. The van der Waals surface area contributed by atoms with Crippen LogP contribution in [-0.4, -0.2) is 67.6 Å². The molecule has 0 saturated carbocycles. The third kappa shape index (κ3) is 7.48.